The van der Waals surface area contributed by atoms with E-state index in [1.807, 2.05) is 18.2 Å². The number of hydrogen-bond acceptors (Lipinski definition) is 3. The SMILES string of the molecule is N#CC(CNC1CCN2CCCCC12)c1ccccc1. The lowest BCUT2D eigenvalue weighted by atomic mass is 9.97. The summed E-state index contributed by atoms with van der Waals surface area (Å²) in [5.41, 5.74) is 1.13. The van der Waals surface area contributed by atoms with Gasteiger partial charge in [0.1, 0.15) is 0 Å². The minimum atomic E-state index is -0.0335. The minimum Gasteiger partial charge on any atom is -0.311 e. The Bertz CT molecular complexity index is 465. The molecule has 3 atom stereocenters. The summed E-state index contributed by atoms with van der Waals surface area (Å²) in [6, 6.07) is 13.9. The average molecular weight is 269 g/mol. The van der Waals surface area contributed by atoms with Crippen LogP contribution in [0.3, 0.4) is 0 Å². The molecule has 3 heteroatoms. The fraction of sp³-hybridized carbons (Fsp3) is 0.588. The van der Waals surface area contributed by atoms with Crippen LogP contribution in [-0.4, -0.2) is 36.6 Å². The second-order valence-corrected chi connectivity index (χ2v) is 5.99. The Balaban J connectivity index is 1.57. The monoisotopic (exact) mass is 269 g/mol. The van der Waals surface area contributed by atoms with E-state index in [4.69, 9.17) is 0 Å². The molecule has 0 aliphatic carbocycles. The van der Waals surface area contributed by atoms with Crippen LogP contribution < -0.4 is 5.32 Å². The molecule has 2 aliphatic heterocycles. The highest BCUT2D eigenvalue weighted by Gasteiger charge is 2.35. The maximum absolute atomic E-state index is 9.39. The Kier molecular flexibility index (Phi) is 4.34. The van der Waals surface area contributed by atoms with Crippen LogP contribution in [0, 0.1) is 11.3 Å². The second kappa shape index (κ2) is 6.39. The van der Waals surface area contributed by atoms with Gasteiger partial charge in [-0.2, -0.15) is 5.26 Å². The van der Waals surface area contributed by atoms with Gasteiger partial charge in [-0.15, -0.1) is 0 Å². The fourth-order valence-corrected chi connectivity index (χ4v) is 3.68. The topological polar surface area (TPSA) is 39.1 Å². The van der Waals surface area contributed by atoms with Gasteiger partial charge < -0.3 is 5.32 Å². The van der Waals surface area contributed by atoms with E-state index in [2.05, 4.69) is 28.4 Å². The third-order valence-corrected chi connectivity index (χ3v) is 4.80. The third kappa shape index (κ3) is 2.87. The lowest BCUT2D eigenvalue weighted by molar-refractivity contribution is 0.180. The first-order valence-electron chi connectivity index (χ1n) is 7.80. The quantitative estimate of drug-likeness (QED) is 0.913. The molecular weight excluding hydrogens is 246 g/mol. The Hall–Kier alpha value is -1.37. The van der Waals surface area contributed by atoms with Crippen LogP contribution in [0.25, 0.3) is 0 Å². The molecule has 20 heavy (non-hydrogen) atoms. The highest BCUT2D eigenvalue weighted by Crippen LogP contribution is 2.27. The molecule has 0 radical (unpaired) electrons. The first-order valence-corrected chi connectivity index (χ1v) is 7.80. The molecule has 3 rings (SSSR count). The highest BCUT2D eigenvalue weighted by molar-refractivity contribution is 5.25. The van der Waals surface area contributed by atoms with Gasteiger partial charge in [0, 0.05) is 25.2 Å². The standard InChI is InChI=1S/C17H23N3/c18-12-15(14-6-2-1-3-7-14)13-19-16-9-11-20-10-5-4-8-17(16)20/h1-3,6-7,15-17,19H,4-5,8-11,13H2. The number of piperidine rings is 1. The first kappa shape index (κ1) is 13.6. The fourth-order valence-electron chi connectivity index (χ4n) is 3.68. The molecule has 1 N–H and O–H groups in total. The van der Waals surface area contributed by atoms with Crippen molar-refractivity contribution in [3.05, 3.63) is 35.9 Å². The van der Waals surface area contributed by atoms with E-state index in [0.29, 0.717) is 12.1 Å². The van der Waals surface area contributed by atoms with Crippen molar-refractivity contribution in [2.75, 3.05) is 19.6 Å². The third-order valence-electron chi connectivity index (χ3n) is 4.80. The number of fused-ring (bicyclic) bond motifs is 1. The van der Waals surface area contributed by atoms with E-state index in [1.165, 1.54) is 38.8 Å². The number of benzene rings is 1. The van der Waals surface area contributed by atoms with Crippen molar-refractivity contribution in [1.82, 2.24) is 10.2 Å². The molecular formula is C17H23N3. The van der Waals surface area contributed by atoms with E-state index in [-0.39, 0.29) is 5.92 Å². The summed E-state index contributed by atoms with van der Waals surface area (Å²) in [6.45, 7) is 3.27. The molecule has 1 aromatic rings. The molecule has 0 amide bonds. The van der Waals surface area contributed by atoms with Crippen molar-refractivity contribution >= 4 is 0 Å². The van der Waals surface area contributed by atoms with Crippen molar-refractivity contribution in [2.45, 2.75) is 43.7 Å². The maximum Gasteiger partial charge on any atom is 0.0837 e. The first-order chi connectivity index (χ1) is 9.88. The number of nitriles is 1. The molecule has 2 fully saturated rings. The molecule has 0 bridgehead atoms. The molecule has 0 saturated carbocycles. The van der Waals surface area contributed by atoms with E-state index < -0.39 is 0 Å². The van der Waals surface area contributed by atoms with Crippen LogP contribution in [0.1, 0.15) is 37.2 Å². The summed E-state index contributed by atoms with van der Waals surface area (Å²) >= 11 is 0. The summed E-state index contributed by atoms with van der Waals surface area (Å²) in [5, 5.41) is 13.1. The van der Waals surface area contributed by atoms with Crippen molar-refractivity contribution in [3.63, 3.8) is 0 Å². The molecule has 106 valence electrons. The zero-order chi connectivity index (χ0) is 13.8. The molecule has 2 aliphatic rings. The molecule has 2 saturated heterocycles. The summed E-state index contributed by atoms with van der Waals surface area (Å²) in [6.07, 6.45) is 5.27. The van der Waals surface area contributed by atoms with Gasteiger partial charge in [-0.25, -0.2) is 0 Å². The smallest absolute Gasteiger partial charge is 0.0837 e. The van der Waals surface area contributed by atoms with Crippen LogP contribution in [0.5, 0.6) is 0 Å². The van der Waals surface area contributed by atoms with Crippen LogP contribution in [-0.2, 0) is 0 Å². The lowest BCUT2D eigenvalue weighted by Gasteiger charge is -2.33. The summed E-state index contributed by atoms with van der Waals surface area (Å²) in [7, 11) is 0. The Morgan fingerprint density at radius 1 is 1.20 bits per heavy atom. The van der Waals surface area contributed by atoms with Crippen molar-refractivity contribution in [1.29, 1.82) is 5.26 Å². The van der Waals surface area contributed by atoms with Gasteiger partial charge >= 0.3 is 0 Å². The number of rotatable bonds is 4. The maximum atomic E-state index is 9.39. The molecule has 0 aromatic heterocycles. The highest BCUT2D eigenvalue weighted by atomic mass is 15.2. The van der Waals surface area contributed by atoms with Crippen LogP contribution in [0.4, 0.5) is 0 Å². The lowest BCUT2D eigenvalue weighted by Crippen LogP contribution is -2.45. The van der Waals surface area contributed by atoms with Crippen molar-refractivity contribution in [2.24, 2.45) is 0 Å². The van der Waals surface area contributed by atoms with Gasteiger partial charge in [-0.05, 0) is 31.4 Å². The van der Waals surface area contributed by atoms with Crippen molar-refractivity contribution in [3.8, 4) is 6.07 Å². The van der Waals surface area contributed by atoms with Gasteiger partial charge in [0.15, 0.2) is 0 Å². The molecule has 3 nitrogen and oxygen atoms in total. The largest absolute Gasteiger partial charge is 0.311 e. The Morgan fingerprint density at radius 2 is 2.05 bits per heavy atom. The van der Waals surface area contributed by atoms with Gasteiger partial charge in [0.05, 0.1) is 12.0 Å². The average Bonchev–Trinajstić information content (AvgIpc) is 2.92. The molecule has 2 heterocycles. The number of nitrogens with zero attached hydrogens (tertiary/aromatic N) is 2. The molecule has 0 spiro atoms. The van der Waals surface area contributed by atoms with Crippen molar-refractivity contribution < 1.29 is 0 Å². The summed E-state index contributed by atoms with van der Waals surface area (Å²) in [5.74, 6) is -0.0335. The Labute approximate surface area is 121 Å². The molecule has 3 unspecified atom stereocenters. The minimum absolute atomic E-state index is 0.0335. The van der Waals surface area contributed by atoms with Crippen LogP contribution in [0.2, 0.25) is 0 Å². The zero-order valence-corrected chi connectivity index (χ0v) is 12.0. The van der Waals surface area contributed by atoms with Crippen LogP contribution in [0.15, 0.2) is 30.3 Å². The summed E-state index contributed by atoms with van der Waals surface area (Å²) in [4.78, 5) is 2.63. The van der Waals surface area contributed by atoms with E-state index >= 15 is 0 Å². The Morgan fingerprint density at radius 3 is 2.85 bits per heavy atom. The van der Waals surface area contributed by atoms with Gasteiger partial charge in [0.2, 0.25) is 0 Å². The van der Waals surface area contributed by atoms with E-state index in [9.17, 15) is 5.26 Å². The number of nitrogens with one attached hydrogen (secondary N) is 1. The van der Waals surface area contributed by atoms with Gasteiger partial charge in [0.25, 0.3) is 0 Å². The van der Waals surface area contributed by atoms with Crippen LogP contribution >= 0.6 is 0 Å². The normalized spacial score (nSPS) is 27.8. The zero-order valence-electron chi connectivity index (χ0n) is 12.0. The summed E-state index contributed by atoms with van der Waals surface area (Å²) < 4.78 is 0. The van der Waals surface area contributed by atoms with E-state index in [0.717, 1.165) is 12.1 Å². The van der Waals surface area contributed by atoms with Gasteiger partial charge in [-0.1, -0.05) is 36.8 Å². The predicted molar refractivity (Wildman–Crippen MR) is 80.4 cm³/mol. The number of hydrogen-bond donors (Lipinski definition) is 1. The van der Waals surface area contributed by atoms with Gasteiger partial charge in [-0.3, -0.25) is 4.90 Å². The van der Waals surface area contributed by atoms with E-state index in [1.54, 1.807) is 0 Å². The predicted octanol–water partition coefficient (Wildman–Crippen LogP) is 2.51. The second-order valence-electron chi connectivity index (χ2n) is 5.99. The molecule has 1 aromatic carbocycles.